The van der Waals surface area contributed by atoms with Crippen molar-refractivity contribution >= 4 is 11.7 Å². The van der Waals surface area contributed by atoms with E-state index in [4.69, 9.17) is 5.73 Å². The zero-order valence-corrected chi connectivity index (χ0v) is 16.3. The SMILES string of the molecule is CC(C)Cc1ccc(CN2CCC[C@H](NC(=O)c3ccnc(N)c3)C2)cc1. The van der Waals surface area contributed by atoms with Crippen molar-refractivity contribution in [3.63, 3.8) is 0 Å². The van der Waals surface area contributed by atoms with Crippen LogP contribution in [-0.2, 0) is 13.0 Å². The fourth-order valence-electron chi connectivity index (χ4n) is 3.69. The molecule has 1 atom stereocenters. The lowest BCUT2D eigenvalue weighted by atomic mass is 10.0. The summed E-state index contributed by atoms with van der Waals surface area (Å²) in [5.74, 6) is 0.973. The van der Waals surface area contributed by atoms with Crippen LogP contribution in [-0.4, -0.2) is 34.9 Å². The molecule has 0 spiro atoms. The van der Waals surface area contributed by atoms with Crippen molar-refractivity contribution < 1.29 is 4.79 Å². The van der Waals surface area contributed by atoms with Gasteiger partial charge in [-0.05, 0) is 55.0 Å². The van der Waals surface area contributed by atoms with E-state index in [1.807, 2.05) is 0 Å². The van der Waals surface area contributed by atoms with Crippen LogP contribution in [0.2, 0.25) is 0 Å². The molecule has 1 aromatic carbocycles. The van der Waals surface area contributed by atoms with Gasteiger partial charge in [-0.1, -0.05) is 38.1 Å². The Morgan fingerprint density at radius 1 is 1.26 bits per heavy atom. The number of carbonyl (C=O) groups is 1. The number of amides is 1. The van der Waals surface area contributed by atoms with Gasteiger partial charge in [-0.2, -0.15) is 0 Å². The first-order valence-corrected chi connectivity index (χ1v) is 9.82. The minimum absolute atomic E-state index is 0.0750. The van der Waals surface area contributed by atoms with Crippen molar-refractivity contribution in [2.24, 2.45) is 5.92 Å². The van der Waals surface area contributed by atoms with E-state index in [0.717, 1.165) is 38.9 Å². The highest BCUT2D eigenvalue weighted by Crippen LogP contribution is 2.16. The predicted molar refractivity (Wildman–Crippen MR) is 109 cm³/mol. The van der Waals surface area contributed by atoms with Gasteiger partial charge in [0, 0.05) is 30.9 Å². The maximum Gasteiger partial charge on any atom is 0.251 e. The molecule has 0 bridgehead atoms. The molecule has 1 amide bonds. The average Bonchev–Trinajstić information content (AvgIpc) is 2.63. The highest BCUT2D eigenvalue weighted by molar-refractivity contribution is 5.94. The second-order valence-corrected chi connectivity index (χ2v) is 7.93. The number of nitrogens with two attached hydrogens (primary N) is 1. The summed E-state index contributed by atoms with van der Waals surface area (Å²) in [5, 5.41) is 3.14. The molecule has 3 rings (SSSR count). The molecule has 1 aromatic heterocycles. The van der Waals surface area contributed by atoms with E-state index in [1.165, 1.54) is 11.1 Å². The normalized spacial score (nSPS) is 17.8. The lowest BCUT2D eigenvalue weighted by Gasteiger charge is -2.33. The van der Waals surface area contributed by atoms with Gasteiger partial charge < -0.3 is 11.1 Å². The first-order chi connectivity index (χ1) is 13.0. The van der Waals surface area contributed by atoms with E-state index in [9.17, 15) is 4.79 Å². The van der Waals surface area contributed by atoms with Gasteiger partial charge in [-0.25, -0.2) is 4.98 Å². The lowest BCUT2D eigenvalue weighted by molar-refractivity contribution is 0.0900. The Bertz CT molecular complexity index is 757. The van der Waals surface area contributed by atoms with Crippen LogP contribution in [0.1, 0.15) is 48.2 Å². The van der Waals surface area contributed by atoms with E-state index in [0.29, 0.717) is 17.3 Å². The largest absolute Gasteiger partial charge is 0.384 e. The number of nitrogens with zero attached hydrogens (tertiary/aromatic N) is 2. The fourth-order valence-corrected chi connectivity index (χ4v) is 3.69. The Kier molecular flexibility index (Phi) is 6.45. The number of pyridine rings is 1. The summed E-state index contributed by atoms with van der Waals surface area (Å²) < 4.78 is 0. The number of nitrogen functional groups attached to an aromatic ring is 1. The minimum Gasteiger partial charge on any atom is -0.384 e. The van der Waals surface area contributed by atoms with Crippen LogP contribution in [0.25, 0.3) is 0 Å². The van der Waals surface area contributed by atoms with Gasteiger partial charge >= 0.3 is 0 Å². The second kappa shape index (κ2) is 9.00. The Morgan fingerprint density at radius 2 is 2.00 bits per heavy atom. The molecular formula is C22H30N4O. The molecule has 1 aliphatic heterocycles. The third kappa shape index (κ3) is 5.79. The summed E-state index contributed by atoms with van der Waals surface area (Å²) >= 11 is 0. The van der Waals surface area contributed by atoms with Crippen molar-refractivity contribution in [2.75, 3.05) is 18.8 Å². The molecule has 0 unspecified atom stereocenters. The minimum atomic E-state index is -0.0750. The van der Waals surface area contributed by atoms with Crippen molar-refractivity contribution in [1.29, 1.82) is 0 Å². The van der Waals surface area contributed by atoms with Crippen LogP contribution >= 0.6 is 0 Å². The lowest BCUT2D eigenvalue weighted by Crippen LogP contribution is -2.47. The summed E-state index contributed by atoms with van der Waals surface area (Å²) in [6.45, 7) is 7.37. The number of rotatable bonds is 6. The van der Waals surface area contributed by atoms with Crippen molar-refractivity contribution in [3.05, 3.63) is 59.3 Å². The number of anilines is 1. The maximum atomic E-state index is 12.4. The first kappa shape index (κ1) is 19.4. The van der Waals surface area contributed by atoms with Crippen LogP contribution in [0, 0.1) is 5.92 Å². The quantitative estimate of drug-likeness (QED) is 0.823. The van der Waals surface area contributed by atoms with E-state index in [2.05, 4.69) is 53.3 Å². The molecular weight excluding hydrogens is 336 g/mol. The maximum absolute atomic E-state index is 12.4. The van der Waals surface area contributed by atoms with Crippen LogP contribution in [0.3, 0.4) is 0 Å². The summed E-state index contributed by atoms with van der Waals surface area (Å²) in [6.07, 6.45) is 4.79. The molecule has 5 nitrogen and oxygen atoms in total. The van der Waals surface area contributed by atoms with Gasteiger partial charge in [0.05, 0.1) is 0 Å². The molecule has 2 aromatic rings. The highest BCUT2D eigenvalue weighted by Gasteiger charge is 2.22. The number of nitrogens with one attached hydrogen (secondary N) is 1. The van der Waals surface area contributed by atoms with E-state index < -0.39 is 0 Å². The van der Waals surface area contributed by atoms with Crippen LogP contribution in [0.5, 0.6) is 0 Å². The van der Waals surface area contributed by atoms with Gasteiger partial charge in [-0.3, -0.25) is 9.69 Å². The van der Waals surface area contributed by atoms with Crippen molar-refractivity contribution in [1.82, 2.24) is 15.2 Å². The van der Waals surface area contributed by atoms with Gasteiger partial charge in [0.15, 0.2) is 0 Å². The molecule has 1 fully saturated rings. The van der Waals surface area contributed by atoms with Crippen LogP contribution < -0.4 is 11.1 Å². The standard InChI is InChI=1S/C22H30N4O/c1-16(2)12-17-5-7-18(8-6-17)14-26-11-3-4-20(15-26)25-22(27)19-9-10-24-21(23)13-19/h5-10,13,16,20H,3-4,11-12,14-15H2,1-2H3,(H2,23,24)(H,25,27)/t20-/m0/s1. The topological polar surface area (TPSA) is 71.2 Å². The zero-order chi connectivity index (χ0) is 19.2. The van der Waals surface area contributed by atoms with Crippen LogP contribution in [0.4, 0.5) is 5.82 Å². The molecule has 0 saturated carbocycles. The highest BCUT2D eigenvalue weighted by atomic mass is 16.1. The average molecular weight is 367 g/mol. The van der Waals surface area contributed by atoms with Gasteiger partial charge in [0.25, 0.3) is 5.91 Å². The smallest absolute Gasteiger partial charge is 0.251 e. The molecule has 5 heteroatoms. The summed E-state index contributed by atoms with van der Waals surface area (Å²) in [4.78, 5) is 18.8. The number of hydrogen-bond acceptors (Lipinski definition) is 4. The first-order valence-electron chi connectivity index (χ1n) is 9.82. The molecule has 1 saturated heterocycles. The zero-order valence-electron chi connectivity index (χ0n) is 16.3. The van der Waals surface area contributed by atoms with Crippen LogP contribution in [0.15, 0.2) is 42.6 Å². The van der Waals surface area contributed by atoms with E-state index in [1.54, 1.807) is 18.3 Å². The van der Waals surface area contributed by atoms with Gasteiger partial charge in [-0.15, -0.1) is 0 Å². The molecule has 27 heavy (non-hydrogen) atoms. The van der Waals surface area contributed by atoms with Crippen molar-refractivity contribution in [3.8, 4) is 0 Å². The van der Waals surface area contributed by atoms with Gasteiger partial charge in [0.1, 0.15) is 5.82 Å². The molecule has 144 valence electrons. The predicted octanol–water partition coefficient (Wildman–Crippen LogP) is 3.26. The monoisotopic (exact) mass is 366 g/mol. The van der Waals surface area contributed by atoms with E-state index >= 15 is 0 Å². The molecule has 3 N–H and O–H groups in total. The van der Waals surface area contributed by atoms with Crippen molar-refractivity contribution in [2.45, 2.75) is 45.7 Å². The summed E-state index contributed by atoms with van der Waals surface area (Å²) in [5.41, 5.74) is 8.97. The number of piperidine rings is 1. The molecule has 0 aliphatic carbocycles. The molecule has 2 heterocycles. The van der Waals surface area contributed by atoms with E-state index in [-0.39, 0.29) is 11.9 Å². The number of aromatic nitrogens is 1. The Hall–Kier alpha value is -2.40. The Labute approximate surface area is 162 Å². The summed E-state index contributed by atoms with van der Waals surface area (Å²) in [6, 6.07) is 12.4. The number of hydrogen-bond donors (Lipinski definition) is 2. The van der Waals surface area contributed by atoms with Gasteiger partial charge in [0.2, 0.25) is 0 Å². The third-order valence-electron chi connectivity index (χ3n) is 4.96. The molecule has 0 radical (unpaired) electrons. The second-order valence-electron chi connectivity index (χ2n) is 7.93. The number of likely N-dealkylation sites (tertiary alicyclic amines) is 1. The number of carbonyl (C=O) groups excluding carboxylic acids is 1. The third-order valence-corrected chi connectivity index (χ3v) is 4.96. The fraction of sp³-hybridized carbons (Fsp3) is 0.455. The Balaban J connectivity index is 1.54. The summed E-state index contributed by atoms with van der Waals surface area (Å²) in [7, 11) is 0. The molecule has 1 aliphatic rings. The Morgan fingerprint density at radius 3 is 2.70 bits per heavy atom. The number of benzene rings is 1.